The maximum atomic E-state index is 13.5. The van der Waals surface area contributed by atoms with Gasteiger partial charge in [-0.25, -0.2) is 4.79 Å². The van der Waals surface area contributed by atoms with Crippen LogP contribution < -0.4 is 24.8 Å². The quantitative estimate of drug-likeness (QED) is 0.578. The number of nitrogens with zero attached hydrogens (tertiary/aromatic N) is 2. The number of urea groups is 1. The van der Waals surface area contributed by atoms with Gasteiger partial charge < -0.3 is 39.8 Å². The number of likely N-dealkylation sites (N-methyl/N-ethyl adjacent to an activating group) is 1. The average molecular weight is 485 g/mol. The fourth-order valence-electron chi connectivity index (χ4n) is 4.15. The minimum absolute atomic E-state index is 0.0498. The SMILES string of the molecule is C[C@H](CO)N1C[C@H](C)[C@@H](CN(C)C)Oc2ccc(NC(=O)Nc3ccc4c(c3)OCO4)cc2C1=O. The summed E-state index contributed by atoms with van der Waals surface area (Å²) in [7, 11) is 3.95. The number of aliphatic hydroxyl groups excluding tert-OH is 1. The summed E-state index contributed by atoms with van der Waals surface area (Å²) in [6, 6.07) is 9.30. The number of nitrogens with one attached hydrogen (secondary N) is 2. The van der Waals surface area contributed by atoms with Gasteiger partial charge in [0.1, 0.15) is 11.9 Å². The fourth-order valence-corrected chi connectivity index (χ4v) is 4.15. The third-order valence-electron chi connectivity index (χ3n) is 6.10. The minimum atomic E-state index is -0.470. The van der Waals surface area contributed by atoms with Crippen molar-refractivity contribution in [1.82, 2.24) is 9.80 Å². The first-order chi connectivity index (χ1) is 16.7. The van der Waals surface area contributed by atoms with E-state index in [2.05, 4.69) is 10.6 Å². The fraction of sp³-hybridized carbons (Fsp3) is 0.440. The van der Waals surface area contributed by atoms with Crippen LogP contribution in [0.5, 0.6) is 17.2 Å². The molecule has 0 bridgehead atoms. The Kier molecular flexibility index (Phi) is 7.32. The molecule has 0 saturated heterocycles. The van der Waals surface area contributed by atoms with E-state index in [1.165, 1.54) is 0 Å². The van der Waals surface area contributed by atoms with Crippen molar-refractivity contribution in [2.24, 2.45) is 5.92 Å². The van der Waals surface area contributed by atoms with Gasteiger partial charge >= 0.3 is 6.03 Å². The van der Waals surface area contributed by atoms with Gasteiger partial charge in [-0.15, -0.1) is 0 Å². The summed E-state index contributed by atoms with van der Waals surface area (Å²) >= 11 is 0. The number of hydrogen-bond acceptors (Lipinski definition) is 7. The zero-order chi connectivity index (χ0) is 25.1. The molecule has 2 aromatic carbocycles. The molecule has 10 nitrogen and oxygen atoms in total. The monoisotopic (exact) mass is 484 g/mol. The van der Waals surface area contributed by atoms with Gasteiger partial charge in [0.05, 0.1) is 18.2 Å². The van der Waals surface area contributed by atoms with Crippen LogP contribution in [0.1, 0.15) is 24.2 Å². The Labute approximate surface area is 204 Å². The number of hydrogen-bond donors (Lipinski definition) is 3. The van der Waals surface area contributed by atoms with E-state index in [0.29, 0.717) is 47.3 Å². The van der Waals surface area contributed by atoms with E-state index in [-0.39, 0.29) is 37.4 Å². The Morgan fingerprint density at radius 3 is 2.46 bits per heavy atom. The molecule has 188 valence electrons. The number of benzene rings is 2. The molecule has 2 aliphatic rings. The second-order valence-corrected chi connectivity index (χ2v) is 9.24. The molecule has 2 heterocycles. The molecule has 10 heteroatoms. The Morgan fingerprint density at radius 2 is 1.77 bits per heavy atom. The van der Waals surface area contributed by atoms with E-state index in [1.807, 2.05) is 32.8 Å². The molecule has 35 heavy (non-hydrogen) atoms. The van der Waals surface area contributed by atoms with Crippen LogP contribution >= 0.6 is 0 Å². The normalized spacial score (nSPS) is 19.9. The second kappa shape index (κ2) is 10.4. The molecule has 0 fully saturated rings. The molecule has 3 amide bonds. The van der Waals surface area contributed by atoms with E-state index >= 15 is 0 Å². The highest BCUT2D eigenvalue weighted by molar-refractivity contribution is 6.02. The Balaban J connectivity index is 1.56. The maximum Gasteiger partial charge on any atom is 0.323 e. The first-order valence-electron chi connectivity index (χ1n) is 11.6. The van der Waals surface area contributed by atoms with E-state index in [1.54, 1.807) is 41.3 Å². The lowest BCUT2D eigenvalue weighted by atomic mass is 9.99. The average Bonchev–Trinajstić information content (AvgIpc) is 3.29. The topological polar surface area (TPSA) is 113 Å². The van der Waals surface area contributed by atoms with E-state index < -0.39 is 6.03 Å². The summed E-state index contributed by atoms with van der Waals surface area (Å²) < 4.78 is 16.9. The third-order valence-corrected chi connectivity index (χ3v) is 6.10. The van der Waals surface area contributed by atoms with Crippen molar-refractivity contribution in [3.63, 3.8) is 0 Å². The molecule has 0 spiro atoms. The number of aliphatic hydroxyl groups is 1. The standard InChI is InChI=1S/C25H32N4O6/c1-15-11-29(16(2)13-30)24(31)19-9-17(5-7-20(19)35-23(15)12-28(3)4)26-25(32)27-18-6-8-21-22(10-18)34-14-33-21/h5-10,15-16,23,30H,11-14H2,1-4H3,(H2,26,27,32)/t15-,16+,23+/m0/s1. The summed E-state index contributed by atoms with van der Waals surface area (Å²) in [5.74, 6) is 1.43. The van der Waals surface area contributed by atoms with Crippen LogP contribution in [0.4, 0.5) is 16.2 Å². The van der Waals surface area contributed by atoms with Crippen LogP contribution in [0.15, 0.2) is 36.4 Å². The van der Waals surface area contributed by atoms with Crippen molar-refractivity contribution in [1.29, 1.82) is 0 Å². The predicted molar refractivity (Wildman–Crippen MR) is 131 cm³/mol. The van der Waals surface area contributed by atoms with Crippen molar-refractivity contribution in [3.05, 3.63) is 42.0 Å². The molecule has 0 aliphatic carbocycles. The molecule has 2 aliphatic heterocycles. The molecule has 3 N–H and O–H groups in total. The van der Waals surface area contributed by atoms with E-state index in [9.17, 15) is 14.7 Å². The Bertz CT molecular complexity index is 1090. The highest BCUT2D eigenvalue weighted by atomic mass is 16.7. The lowest BCUT2D eigenvalue weighted by Gasteiger charge is -2.37. The van der Waals surface area contributed by atoms with Crippen LogP contribution in [0, 0.1) is 5.92 Å². The van der Waals surface area contributed by atoms with Crippen molar-refractivity contribution < 1.29 is 28.9 Å². The van der Waals surface area contributed by atoms with Crippen LogP contribution in [-0.2, 0) is 0 Å². The van der Waals surface area contributed by atoms with Crippen LogP contribution in [0.25, 0.3) is 0 Å². The van der Waals surface area contributed by atoms with Gasteiger partial charge in [0.2, 0.25) is 6.79 Å². The molecular formula is C25H32N4O6. The van der Waals surface area contributed by atoms with Gasteiger partial charge in [-0.05, 0) is 51.4 Å². The summed E-state index contributed by atoms with van der Waals surface area (Å²) in [5, 5.41) is 15.3. The third kappa shape index (κ3) is 5.60. The van der Waals surface area contributed by atoms with Gasteiger partial charge in [0.15, 0.2) is 11.5 Å². The van der Waals surface area contributed by atoms with E-state index in [4.69, 9.17) is 14.2 Å². The summed E-state index contributed by atoms with van der Waals surface area (Å²) in [5.41, 5.74) is 1.32. The highest BCUT2D eigenvalue weighted by Crippen LogP contribution is 2.34. The lowest BCUT2D eigenvalue weighted by Crippen LogP contribution is -2.49. The lowest BCUT2D eigenvalue weighted by molar-refractivity contribution is 0.0363. The van der Waals surface area contributed by atoms with Gasteiger partial charge in [-0.2, -0.15) is 0 Å². The zero-order valence-electron chi connectivity index (χ0n) is 20.4. The first kappa shape index (κ1) is 24.6. The number of ether oxygens (including phenoxy) is 3. The smallest absolute Gasteiger partial charge is 0.323 e. The van der Waals surface area contributed by atoms with Crippen LogP contribution in [0.2, 0.25) is 0 Å². The number of amides is 3. The second-order valence-electron chi connectivity index (χ2n) is 9.24. The molecule has 0 aromatic heterocycles. The molecule has 0 radical (unpaired) electrons. The number of carbonyl (C=O) groups is 2. The van der Waals surface area contributed by atoms with Crippen molar-refractivity contribution in [2.75, 3.05) is 51.2 Å². The molecule has 3 atom stereocenters. The summed E-state index contributed by atoms with van der Waals surface area (Å²) in [6.45, 7) is 4.97. The number of fused-ring (bicyclic) bond motifs is 2. The molecule has 2 aromatic rings. The Hall–Kier alpha value is -3.50. The zero-order valence-corrected chi connectivity index (χ0v) is 20.4. The van der Waals surface area contributed by atoms with Gasteiger partial charge in [0, 0.05) is 36.4 Å². The van der Waals surface area contributed by atoms with Crippen molar-refractivity contribution in [3.8, 4) is 17.2 Å². The minimum Gasteiger partial charge on any atom is -0.488 e. The van der Waals surface area contributed by atoms with Gasteiger partial charge in [-0.3, -0.25) is 4.79 Å². The molecular weight excluding hydrogens is 452 g/mol. The number of rotatable bonds is 6. The Morgan fingerprint density at radius 1 is 1.11 bits per heavy atom. The first-order valence-corrected chi connectivity index (χ1v) is 11.6. The summed E-state index contributed by atoms with van der Waals surface area (Å²) in [4.78, 5) is 29.8. The number of anilines is 2. The largest absolute Gasteiger partial charge is 0.488 e. The van der Waals surface area contributed by atoms with Crippen LogP contribution in [-0.4, -0.2) is 79.6 Å². The van der Waals surface area contributed by atoms with Gasteiger partial charge in [0.25, 0.3) is 5.91 Å². The predicted octanol–water partition coefficient (Wildman–Crippen LogP) is 2.84. The van der Waals surface area contributed by atoms with Crippen molar-refractivity contribution >= 4 is 23.3 Å². The molecule has 0 unspecified atom stereocenters. The molecule has 4 rings (SSSR count). The van der Waals surface area contributed by atoms with Gasteiger partial charge in [-0.1, -0.05) is 6.92 Å². The van der Waals surface area contributed by atoms with E-state index in [0.717, 1.165) is 0 Å². The van der Waals surface area contributed by atoms with Crippen molar-refractivity contribution in [2.45, 2.75) is 26.0 Å². The molecule has 0 saturated carbocycles. The number of carbonyl (C=O) groups excluding carboxylic acids is 2. The maximum absolute atomic E-state index is 13.5. The highest BCUT2D eigenvalue weighted by Gasteiger charge is 2.33. The summed E-state index contributed by atoms with van der Waals surface area (Å²) in [6.07, 6.45) is -0.154. The van der Waals surface area contributed by atoms with Crippen LogP contribution in [0.3, 0.4) is 0 Å².